The normalized spacial score (nSPS) is 14.7. The Morgan fingerprint density at radius 1 is 1.42 bits per heavy atom. The van der Waals surface area contributed by atoms with E-state index >= 15 is 0 Å². The van der Waals surface area contributed by atoms with Crippen LogP contribution in [-0.4, -0.2) is 11.2 Å². The maximum absolute atomic E-state index is 12.0. The fourth-order valence-corrected chi connectivity index (χ4v) is 0.798. The van der Waals surface area contributed by atoms with Crippen molar-refractivity contribution in [3.05, 3.63) is 17.8 Å². The van der Waals surface area contributed by atoms with Gasteiger partial charge in [0.2, 0.25) is 0 Å². The monoisotopic (exact) mass is 179 g/mol. The summed E-state index contributed by atoms with van der Waals surface area (Å²) < 4.78 is 35.9. The van der Waals surface area contributed by atoms with Crippen LogP contribution in [0.5, 0.6) is 0 Å². The number of anilines is 1. The molecule has 12 heavy (non-hydrogen) atoms. The first-order valence-electron chi connectivity index (χ1n) is 3.17. The van der Waals surface area contributed by atoms with Gasteiger partial charge in [-0.25, -0.2) is 0 Å². The van der Waals surface area contributed by atoms with E-state index in [2.05, 4.69) is 4.98 Å². The number of hydrogen-bond acceptors (Lipinski definition) is 2. The smallest absolute Gasteiger partial charge is 0.385 e. The van der Waals surface area contributed by atoms with Gasteiger partial charge in [-0.1, -0.05) is 0 Å². The summed E-state index contributed by atoms with van der Waals surface area (Å²) >= 11 is 0. The van der Waals surface area contributed by atoms with Gasteiger partial charge in [0.15, 0.2) is 0 Å². The molecule has 0 unspecified atom stereocenters. The SMILES string of the molecule is Nc1cc([C@@H](N)C(F)(F)F)c[nH]1. The molecule has 1 aromatic rings. The maximum atomic E-state index is 12.0. The topological polar surface area (TPSA) is 67.8 Å². The van der Waals surface area contributed by atoms with Crippen molar-refractivity contribution < 1.29 is 13.2 Å². The summed E-state index contributed by atoms with van der Waals surface area (Å²) in [6, 6.07) is -0.802. The Morgan fingerprint density at radius 2 is 2.00 bits per heavy atom. The van der Waals surface area contributed by atoms with E-state index in [1.165, 1.54) is 0 Å². The van der Waals surface area contributed by atoms with Crippen LogP contribution in [0.15, 0.2) is 12.3 Å². The van der Waals surface area contributed by atoms with E-state index in [1.54, 1.807) is 0 Å². The summed E-state index contributed by atoms with van der Waals surface area (Å²) in [5.74, 6) is 0.171. The molecule has 0 aliphatic carbocycles. The van der Waals surface area contributed by atoms with Crippen molar-refractivity contribution >= 4 is 5.82 Å². The van der Waals surface area contributed by atoms with Crippen LogP contribution in [0.3, 0.4) is 0 Å². The molecule has 0 bridgehead atoms. The summed E-state index contributed by atoms with van der Waals surface area (Å²) in [5.41, 5.74) is 10.0. The van der Waals surface area contributed by atoms with Crippen LogP contribution in [0.1, 0.15) is 11.6 Å². The molecule has 0 amide bonds. The standard InChI is InChI=1S/C6H8F3N3/c7-6(8,9)5(11)3-1-4(10)12-2-3/h1-2,5,12H,10-11H2/t5-/m1/s1. The molecule has 1 aromatic heterocycles. The Labute approximate surface area is 66.5 Å². The number of nitrogens with two attached hydrogens (primary N) is 2. The van der Waals surface area contributed by atoms with E-state index in [1.807, 2.05) is 0 Å². The largest absolute Gasteiger partial charge is 0.407 e. The average Bonchev–Trinajstić information content (AvgIpc) is 2.32. The van der Waals surface area contributed by atoms with Gasteiger partial charge in [-0.2, -0.15) is 13.2 Å². The molecule has 3 nitrogen and oxygen atoms in total. The predicted octanol–water partition coefficient (Wildman–Crippen LogP) is 1.16. The van der Waals surface area contributed by atoms with E-state index in [0.29, 0.717) is 0 Å². The minimum absolute atomic E-state index is 0.0556. The molecular weight excluding hydrogens is 171 g/mol. The molecule has 0 saturated heterocycles. The molecular formula is C6H8F3N3. The Bertz CT molecular complexity index is 265. The zero-order valence-electron chi connectivity index (χ0n) is 6.02. The van der Waals surface area contributed by atoms with E-state index in [-0.39, 0.29) is 11.4 Å². The minimum Gasteiger partial charge on any atom is -0.385 e. The number of hydrogen-bond donors (Lipinski definition) is 3. The van der Waals surface area contributed by atoms with Gasteiger partial charge in [0.25, 0.3) is 0 Å². The quantitative estimate of drug-likeness (QED) is 0.605. The molecule has 5 N–H and O–H groups in total. The summed E-state index contributed by atoms with van der Waals surface area (Å²) in [4.78, 5) is 2.42. The van der Waals surface area contributed by atoms with Gasteiger partial charge in [-0.3, -0.25) is 0 Å². The molecule has 0 fully saturated rings. The number of nitrogen functional groups attached to an aromatic ring is 1. The molecule has 1 atom stereocenters. The molecule has 0 radical (unpaired) electrons. The minimum atomic E-state index is -4.42. The molecule has 0 saturated carbocycles. The van der Waals surface area contributed by atoms with E-state index < -0.39 is 12.2 Å². The van der Waals surface area contributed by atoms with E-state index in [4.69, 9.17) is 11.5 Å². The van der Waals surface area contributed by atoms with E-state index in [0.717, 1.165) is 12.3 Å². The summed E-state index contributed by atoms with van der Waals surface area (Å²) in [7, 11) is 0. The van der Waals surface area contributed by atoms with Gasteiger partial charge >= 0.3 is 6.18 Å². The third kappa shape index (κ3) is 1.70. The molecule has 0 spiro atoms. The van der Waals surface area contributed by atoms with Gasteiger partial charge in [-0.15, -0.1) is 0 Å². The van der Waals surface area contributed by atoms with Gasteiger partial charge in [0.1, 0.15) is 11.9 Å². The maximum Gasteiger partial charge on any atom is 0.407 e. The van der Waals surface area contributed by atoms with Crippen molar-refractivity contribution in [2.45, 2.75) is 12.2 Å². The van der Waals surface area contributed by atoms with Crippen LogP contribution >= 0.6 is 0 Å². The Hall–Kier alpha value is -1.17. The van der Waals surface area contributed by atoms with Crippen LogP contribution in [0, 0.1) is 0 Å². The van der Waals surface area contributed by atoms with Crippen molar-refractivity contribution in [3.8, 4) is 0 Å². The average molecular weight is 179 g/mol. The fourth-order valence-electron chi connectivity index (χ4n) is 0.798. The van der Waals surface area contributed by atoms with Gasteiger partial charge in [0, 0.05) is 6.20 Å². The lowest BCUT2D eigenvalue weighted by molar-refractivity contribution is -0.149. The highest BCUT2D eigenvalue weighted by Gasteiger charge is 2.38. The van der Waals surface area contributed by atoms with Crippen molar-refractivity contribution in [1.29, 1.82) is 0 Å². The molecule has 68 valence electrons. The van der Waals surface area contributed by atoms with Crippen LogP contribution in [-0.2, 0) is 0 Å². The highest BCUT2D eigenvalue weighted by Crippen LogP contribution is 2.30. The molecule has 0 aliphatic heterocycles. The summed E-state index contributed by atoms with van der Waals surface area (Å²) in [5, 5.41) is 0. The second-order valence-corrected chi connectivity index (χ2v) is 2.41. The number of halogens is 3. The lowest BCUT2D eigenvalue weighted by atomic mass is 10.1. The lowest BCUT2D eigenvalue weighted by Gasteiger charge is -2.13. The number of rotatable bonds is 1. The van der Waals surface area contributed by atoms with Crippen molar-refractivity contribution in [2.75, 3.05) is 5.73 Å². The fraction of sp³-hybridized carbons (Fsp3) is 0.333. The third-order valence-electron chi connectivity index (χ3n) is 1.44. The lowest BCUT2D eigenvalue weighted by Crippen LogP contribution is -2.27. The van der Waals surface area contributed by atoms with Crippen LogP contribution < -0.4 is 11.5 Å². The van der Waals surface area contributed by atoms with Gasteiger partial charge in [0.05, 0.1) is 0 Å². The molecule has 1 heterocycles. The third-order valence-corrected chi connectivity index (χ3v) is 1.44. The predicted molar refractivity (Wildman–Crippen MR) is 38.2 cm³/mol. The van der Waals surface area contributed by atoms with E-state index in [9.17, 15) is 13.2 Å². The first-order chi connectivity index (χ1) is 5.41. The molecule has 1 rings (SSSR count). The second kappa shape index (κ2) is 2.71. The highest BCUT2D eigenvalue weighted by atomic mass is 19.4. The Kier molecular flexibility index (Phi) is 2.01. The van der Waals surface area contributed by atoms with Crippen molar-refractivity contribution in [1.82, 2.24) is 4.98 Å². The number of nitrogens with one attached hydrogen (secondary N) is 1. The molecule has 6 heteroatoms. The highest BCUT2D eigenvalue weighted by molar-refractivity contribution is 5.35. The summed E-state index contributed by atoms with van der Waals surface area (Å²) in [6.07, 6.45) is -3.28. The number of aromatic amines is 1. The molecule has 0 aliphatic rings. The van der Waals surface area contributed by atoms with Crippen LogP contribution in [0.25, 0.3) is 0 Å². The van der Waals surface area contributed by atoms with Crippen LogP contribution in [0.2, 0.25) is 0 Å². The summed E-state index contributed by atoms with van der Waals surface area (Å²) in [6.45, 7) is 0. The van der Waals surface area contributed by atoms with Crippen molar-refractivity contribution in [3.63, 3.8) is 0 Å². The Balaban J connectivity index is 2.85. The van der Waals surface area contributed by atoms with Gasteiger partial charge in [-0.05, 0) is 11.6 Å². The number of H-pyrrole nitrogens is 1. The number of alkyl halides is 3. The van der Waals surface area contributed by atoms with Crippen LogP contribution in [0.4, 0.5) is 19.0 Å². The number of aromatic nitrogens is 1. The Morgan fingerprint density at radius 3 is 2.33 bits per heavy atom. The van der Waals surface area contributed by atoms with Crippen molar-refractivity contribution in [2.24, 2.45) is 5.73 Å². The molecule has 0 aromatic carbocycles. The first-order valence-corrected chi connectivity index (χ1v) is 3.17. The van der Waals surface area contributed by atoms with Gasteiger partial charge < -0.3 is 16.5 Å². The zero-order valence-corrected chi connectivity index (χ0v) is 6.02. The first kappa shape index (κ1) is 8.92. The zero-order chi connectivity index (χ0) is 9.35. The second-order valence-electron chi connectivity index (χ2n) is 2.41.